The van der Waals surface area contributed by atoms with Crippen molar-refractivity contribution in [3.8, 4) is 5.75 Å². The Morgan fingerprint density at radius 3 is 2.84 bits per heavy atom. The molecule has 43 heavy (non-hydrogen) atoms. The number of H-pyrrole nitrogens is 1. The SMILES string of the molecule is C=C[C@@H]1C[C@@]1(NC(=O)C1CC(O/N=C2\CCOc3ccc(F)cc32)CN1C(=O)Cc1ncc[nH]1)C(=O)NS(=O)(=O)C1CC1. The molecule has 0 radical (unpaired) electrons. The van der Waals surface area contributed by atoms with E-state index in [9.17, 15) is 27.2 Å². The van der Waals surface area contributed by atoms with Gasteiger partial charge in [-0.25, -0.2) is 17.8 Å². The van der Waals surface area contributed by atoms with Crippen LogP contribution < -0.4 is 14.8 Å². The third-order valence-electron chi connectivity index (χ3n) is 8.17. The van der Waals surface area contributed by atoms with Crippen LogP contribution in [0, 0.1) is 11.7 Å². The number of aromatic amines is 1. The molecule has 1 aromatic carbocycles. The molecule has 2 aliphatic heterocycles. The summed E-state index contributed by atoms with van der Waals surface area (Å²) in [4.78, 5) is 54.3. The number of carbonyl (C=O) groups is 3. The first-order valence-electron chi connectivity index (χ1n) is 14.0. The number of imidazole rings is 1. The number of ether oxygens (including phenoxy) is 1. The number of halogens is 1. The molecule has 4 aliphatic rings. The van der Waals surface area contributed by atoms with Gasteiger partial charge in [0.1, 0.15) is 35.1 Å². The van der Waals surface area contributed by atoms with Crippen LogP contribution in [-0.4, -0.2) is 82.8 Å². The molecule has 2 unspecified atom stereocenters. The van der Waals surface area contributed by atoms with Gasteiger partial charge in [0.25, 0.3) is 5.91 Å². The van der Waals surface area contributed by atoms with Crippen LogP contribution in [0.1, 0.15) is 43.5 Å². The summed E-state index contributed by atoms with van der Waals surface area (Å²) < 4.78 is 46.5. The van der Waals surface area contributed by atoms with E-state index in [0.717, 1.165) is 0 Å². The molecule has 228 valence electrons. The molecule has 3 heterocycles. The van der Waals surface area contributed by atoms with Crippen molar-refractivity contribution in [2.45, 2.75) is 61.5 Å². The van der Waals surface area contributed by atoms with Gasteiger partial charge in [-0.2, -0.15) is 0 Å². The number of hydrogen-bond acceptors (Lipinski definition) is 9. The molecule has 3 fully saturated rings. The minimum Gasteiger partial charge on any atom is -0.492 e. The number of hydrogen-bond donors (Lipinski definition) is 3. The highest BCUT2D eigenvalue weighted by Gasteiger charge is 2.62. The molecule has 1 aromatic heterocycles. The molecule has 3 amide bonds. The van der Waals surface area contributed by atoms with Gasteiger partial charge in [-0.15, -0.1) is 6.58 Å². The molecule has 0 bridgehead atoms. The maximum Gasteiger partial charge on any atom is 0.259 e. The summed E-state index contributed by atoms with van der Waals surface area (Å²) >= 11 is 0. The van der Waals surface area contributed by atoms with Gasteiger partial charge in [0.15, 0.2) is 0 Å². The average molecular weight is 615 g/mol. The van der Waals surface area contributed by atoms with Crippen LogP contribution in [0.25, 0.3) is 0 Å². The molecular weight excluding hydrogens is 583 g/mol. The van der Waals surface area contributed by atoms with Gasteiger partial charge >= 0.3 is 0 Å². The van der Waals surface area contributed by atoms with Crippen LogP contribution in [0.3, 0.4) is 0 Å². The van der Waals surface area contributed by atoms with E-state index < -0.39 is 62.4 Å². The highest BCUT2D eigenvalue weighted by molar-refractivity contribution is 7.91. The van der Waals surface area contributed by atoms with Gasteiger partial charge in [0.05, 0.1) is 30.5 Å². The third kappa shape index (κ3) is 5.85. The Morgan fingerprint density at radius 1 is 1.33 bits per heavy atom. The van der Waals surface area contributed by atoms with Crippen LogP contribution in [0.2, 0.25) is 0 Å². The molecule has 2 aliphatic carbocycles. The number of rotatable bonds is 10. The Balaban J connectivity index is 1.20. The van der Waals surface area contributed by atoms with E-state index in [1.54, 1.807) is 6.20 Å². The highest BCUT2D eigenvalue weighted by atomic mass is 32.2. The number of oxime groups is 1. The van der Waals surface area contributed by atoms with Crippen LogP contribution in [-0.2, 0) is 35.7 Å². The van der Waals surface area contributed by atoms with E-state index >= 15 is 0 Å². The molecular formula is C28H31FN6O7S. The lowest BCUT2D eigenvalue weighted by Gasteiger charge is -2.26. The number of sulfonamides is 1. The molecule has 3 N–H and O–H groups in total. The summed E-state index contributed by atoms with van der Waals surface area (Å²) in [7, 11) is -3.85. The van der Waals surface area contributed by atoms with Crippen LogP contribution in [0.15, 0.2) is 48.4 Å². The number of aromatic nitrogens is 2. The minimum absolute atomic E-state index is 0.0149. The molecule has 0 spiro atoms. The Kier molecular flexibility index (Phi) is 7.44. The topological polar surface area (TPSA) is 172 Å². The van der Waals surface area contributed by atoms with Crippen LogP contribution >= 0.6 is 0 Å². The quantitative estimate of drug-likeness (QED) is 0.262. The first kappa shape index (κ1) is 28.8. The Morgan fingerprint density at radius 2 is 2.14 bits per heavy atom. The molecule has 13 nitrogen and oxygen atoms in total. The molecule has 1 saturated heterocycles. The number of fused-ring (bicyclic) bond motifs is 1. The number of likely N-dealkylation sites (tertiary alicyclic amines) is 1. The molecule has 4 atom stereocenters. The molecule has 15 heteroatoms. The van der Waals surface area contributed by atoms with Crippen molar-refractivity contribution in [1.29, 1.82) is 0 Å². The fourth-order valence-corrected chi connectivity index (χ4v) is 6.90. The molecule has 2 aromatic rings. The van der Waals surface area contributed by atoms with Crippen molar-refractivity contribution >= 4 is 33.5 Å². The maximum atomic E-state index is 13.9. The number of carbonyl (C=O) groups excluding carboxylic acids is 3. The largest absolute Gasteiger partial charge is 0.492 e. The predicted molar refractivity (Wildman–Crippen MR) is 150 cm³/mol. The lowest BCUT2D eigenvalue weighted by atomic mass is 10.0. The number of nitrogens with zero attached hydrogens (tertiary/aromatic N) is 3. The second-order valence-corrected chi connectivity index (χ2v) is 13.2. The van der Waals surface area contributed by atoms with Gasteiger partial charge in [-0.3, -0.25) is 19.1 Å². The summed E-state index contributed by atoms with van der Waals surface area (Å²) in [6.07, 6.45) is 5.32. The molecule has 2 saturated carbocycles. The maximum absolute atomic E-state index is 13.9. The average Bonchev–Trinajstić information content (AvgIpc) is 3.85. The first-order chi connectivity index (χ1) is 20.6. The smallest absolute Gasteiger partial charge is 0.259 e. The summed E-state index contributed by atoms with van der Waals surface area (Å²) in [5.74, 6) is -1.91. The Bertz CT molecular complexity index is 1590. The van der Waals surface area contributed by atoms with Crippen LogP contribution in [0.4, 0.5) is 4.39 Å². The minimum atomic E-state index is -3.85. The van der Waals surface area contributed by atoms with Gasteiger partial charge in [0, 0.05) is 36.7 Å². The van der Waals surface area contributed by atoms with Gasteiger partial charge < -0.3 is 24.8 Å². The third-order valence-corrected chi connectivity index (χ3v) is 9.99. The highest BCUT2D eigenvalue weighted by Crippen LogP contribution is 2.45. The van der Waals surface area contributed by atoms with E-state index in [4.69, 9.17) is 9.57 Å². The van der Waals surface area contributed by atoms with Crippen molar-refractivity contribution in [1.82, 2.24) is 24.9 Å². The fraction of sp³-hybridized carbons (Fsp3) is 0.464. The van der Waals surface area contributed by atoms with Crippen molar-refractivity contribution in [2.24, 2.45) is 11.1 Å². The van der Waals surface area contributed by atoms with E-state index in [1.807, 2.05) is 0 Å². The predicted octanol–water partition coefficient (Wildman–Crippen LogP) is 0.934. The Hall–Kier alpha value is -4.27. The van der Waals surface area contributed by atoms with Crippen molar-refractivity contribution < 1.29 is 36.8 Å². The lowest BCUT2D eigenvalue weighted by Crippen LogP contribution is -2.56. The lowest BCUT2D eigenvalue weighted by molar-refractivity contribution is -0.139. The number of benzene rings is 1. The zero-order valence-corrected chi connectivity index (χ0v) is 23.9. The molecule has 6 rings (SSSR count). The van der Waals surface area contributed by atoms with Crippen molar-refractivity contribution in [3.63, 3.8) is 0 Å². The number of nitrogens with one attached hydrogen (secondary N) is 3. The number of amides is 3. The fourth-order valence-electron chi connectivity index (χ4n) is 5.54. The standard InChI is InChI=1S/C28H31FN6O7S/c1-2-16-14-28(16,27(38)34-43(39,40)19-4-5-19)32-26(37)22-12-18(15-35(22)25(36)13-24-30-8-9-31-24)42-33-21-7-10-41-23-6-3-17(29)11-20(21)23/h2-3,6,8-9,11,16,18-19,22H,1,4-5,7,10,12-15H2,(H,30,31)(H,32,37)(H,34,38)/b33-21+/t16-,18?,22?,28+/m1/s1. The summed E-state index contributed by atoms with van der Waals surface area (Å²) in [6.45, 7) is 4.06. The second kappa shape index (κ2) is 11.1. The van der Waals surface area contributed by atoms with Crippen molar-refractivity contribution in [3.05, 3.63) is 60.5 Å². The van der Waals surface area contributed by atoms with Gasteiger partial charge in [-0.1, -0.05) is 11.2 Å². The van der Waals surface area contributed by atoms with E-state index in [-0.39, 0.29) is 25.8 Å². The Labute approximate surface area is 246 Å². The monoisotopic (exact) mass is 614 g/mol. The van der Waals surface area contributed by atoms with E-state index in [2.05, 4.69) is 31.7 Å². The summed E-state index contributed by atoms with van der Waals surface area (Å²) in [5, 5.41) is 6.36. The van der Waals surface area contributed by atoms with Crippen molar-refractivity contribution in [2.75, 3.05) is 13.2 Å². The zero-order chi connectivity index (χ0) is 30.4. The first-order valence-corrected chi connectivity index (χ1v) is 15.6. The second-order valence-electron chi connectivity index (χ2n) is 11.2. The summed E-state index contributed by atoms with van der Waals surface area (Å²) in [6, 6.07) is 3.07. The van der Waals surface area contributed by atoms with E-state index in [1.165, 1.54) is 35.4 Å². The van der Waals surface area contributed by atoms with Gasteiger partial charge in [-0.05, 0) is 37.5 Å². The zero-order valence-electron chi connectivity index (χ0n) is 23.1. The summed E-state index contributed by atoms with van der Waals surface area (Å²) in [5.41, 5.74) is -0.560. The van der Waals surface area contributed by atoms with Gasteiger partial charge in [0.2, 0.25) is 21.8 Å². The van der Waals surface area contributed by atoms with E-state index in [0.29, 0.717) is 48.7 Å². The normalized spacial score (nSPS) is 27.1. The van der Waals surface area contributed by atoms with Crippen LogP contribution in [0.5, 0.6) is 5.75 Å².